The standard InChI is InChI=1S/C17H11F6N5OS/c1-7-13-25-26-14(11-6-30-16(24-11)17(21,22)23)28(13)3-2-27(7)15(29)8-4-9(18)12(20)10(19)5-8/h4-7H,2-3H2,1H3. The maximum absolute atomic E-state index is 13.5. The first-order valence-corrected chi connectivity index (χ1v) is 9.37. The molecule has 0 aliphatic carbocycles. The van der Waals surface area contributed by atoms with Crippen molar-refractivity contribution in [1.29, 1.82) is 0 Å². The lowest BCUT2D eigenvalue weighted by molar-refractivity contribution is -0.137. The van der Waals surface area contributed by atoms with Gasteiger partial charge in [0.1, 0.15) is 5.69 Å². The summed E-state index contributed by atoms with van der Waals surface area (Å²) in [5.41, 5.74) is -0.374. The van der Waals surface area contributed by atoms with E-state index < -0.39 is 40.6 Å². The zero-order valence-corrected chi connectivity index (χ0v) is 15.9. The molecule has 0 fully saturated rings. The van der Waals surface area contributed by atoms with E-state index in [9.17, 15) is 31.1 Å². The molecule has 3 heterocycles. The molecule has 158 valence electrons. The van der Waals surface area contributed by atoms with Gasteiger partial charge >= 0.3 is 6.18 Å². The van der Waals surface area contributed by atoms with Crippen molar-refractivity contribution in [3.05, 3.63) is 51.4 Å². The van der Waals surface area contributed by atoms with Crippen LogP contribution in [0.2, 0.25) is 0 Å². The van der Waals surface area contributed by atoms with Crippen molar-refractivity contribution in [2.45, 2.75) is 25.7 Å². The van der Waals surface area contributed by atoms with Gasteiger partial charge in [0.2, 0.25) is 0 Å². The quantitative estimate of drug-likeness (QED) is 0.439. The van der Waals surface area contributed by atoms with E-state index in [4.69, 9.17) is 0 Å². The smallest absolute Gasteiger partial charge is 0.327 e. The summed E-state index contributed by atoms with van der Waals surface area (Å²) in [6, 6.07) is 0.502. The van der Waals surface area contributed by atoms with E-state index in [-0.39, 0.29) is 36.0 Å². The van der Waals surface area contributed by atoms with Crippen molar-refractivity contribution in [2.24, 2.45) is 0 Å². The van der Waals surface area contributed by atoms with Gasteiger partial charge in [-0.15, -0.1) is 21.5 Å². The van der Waals surface area contributed by atoms with Crippen molar-refractivity contribution < 1.29 is 31.1 Å². The van der Waals surface area contributed by atoms with Crippen LogP contribution in [0, 0.1) is 17.5 Å². The van der Waals surface area contributed by atoms with Gasteiger partial charge in [0.05, 0.1) is 6.04 Å². The molecule has 4 rings (SSSR count). The van der Waals surface area contributed by atoms with E-state index in [1.54, 1.807) is 6.92 Å². The summed E-state index contributed by atoms with van der Waals surface area (Å²) in [7, 11) is 0. The second kappa shape index (κ2) is 7.07. The Balaban J connectivity index is 1.63. The Morgan fingerprint density at radius 3 is 2.40 bits per heavy atom. The number of carbonyl (C=O) groups excluding carboxylic acids is 1. The van der Waals surface area contributed by atoms with E-state index in [2.05, 4.69) is 15.2 Å². The lowest BCUT2D eigenvalue weighted by Gasteiger charge is -2.33. The average molecular weight is 447 g/mol. The zero-order valence-electron chi connectivity index (χ0n) is 15.0. The van der Waals surface area contributed by atoms with Gasteiger partial charge in [0.15, 0.2) is 34.1 Å². The van der Waals surface area contributed by atoms with Crippen molar-refractivity contribution in [3.63, 3.8) is 0 Å². The second-order valence-corrected chi connectivity index (χ2v) is 7.36. The minimum absolute atomic E-state index is 0.000674. The number of amides is 1. The molecule has 1 atom stereocenters. The van der Waals surface area contributed by atoms with Crippen LogP contribution in [0.25, 0.3) is 11.5 Å². The molecule has 0 N–H and O–H groups in total. The monoisotopic (exact) mass is 447 g/mol. The number of thiazole rings is 1. The van der Waals surface area contributed by atoms with Crippen molar-refractivity contribution >= 4 is 17.2 Å². The van der Waals surface area contributed by atoms with E-state index in [0.717, 1.165) is 0 Å². The summed E-state index contributed by atoms with van der Waals surface area (Å²) in [5.74, 6) is -5.01. The van der Waals surface area contributed by atoms with E-state index in [0.29, 0.717) is 23.5 Å². The highest BCUT2D eigenvalue weighted by Crippen LogP contribution is 2.35. The van der Waals surface area contributed by atoms with Crippen LogP contribution in [0.15, 0.2) is 17.5 Å². The Morgan fingerprint density at radius 2 is 1.80 bits per heavy atom. The number of fused-ring (bicyclic) bond motifs is 1. The lowest BCUT2D eigenvalue weighted by atomic mass is 10.1. The van der Waals surface area contributed by atoms with Gasteiger partial charge in [-0.25, -0.2) is 18.2 Å². The molecule has 0 saturated heterocycles. The van der Waals surface area contributed by atoms with Crippen LogP contribution < -0.4 is 0 Å². The van der Waals surface area contributed by atoms with Crippen LogP contribution in [0.1, 0.15) is 34.2 Å². The van der Waals surface area contributed by atoms with Crippen molar-refractivity contribution in [3.8, 4) is 11.5 Å². The predicted molar refractivity (Wildman–Crippen MR) is 91.9 cm³/mol. The number of alkyl halides is 3. The van der Waals surface area contributed by atoms with Gasteiger partial charge in [-0.3, -0.25) is 4.79 Å². The summed E-state index contributed by atoms with van der Waals surface area (Å²) >= 11 is 0.429. The van der Waals surface area contributed by atoms with Crippen LogP contribution in [0.5, 0.6) is 0 Å². The fraction of sp³-hybridized carbons (Fsp3) is 0.294. The van der Waals surface area contributed by atoms with E-state index in [1.807, 2.05) is 0 Å². The number of nitrogens with zero attached hydrogens (tertiary/aromatic N) is 5. The summed E-state index contributed by atoms with van der Waals surface area (Å²) in [6.45, 7) is 1.77. The molecule has 0 spiro atoms. The van der Waals surface area contributed by atoms with Crippen LogP contribution in [0.3, 0.4) is 0 Å². The van der Waals surface area contributed by atoms with Crippen molar-refractivity contribution in [2.75, 3.05) is 6.54 Å². The van der Waals surface area contributed by atoms with Gasteiger partial charge in [0, 0.05) is 24.0 Å². The number of hydrogen-bond acceptors (Lipinski definition) is 5. The van der Waals surface area contributed by atoms with Crippen LogP contribution >= 0.6 is 11.3 Å². The van der Waals surface area contributed by atoms with Gasteiger partial charge in [-0.1, -0.05) is 0 Å². The topological polar surface area (TPSA) is 63.9 Å². The SMILES string of the molecule is CC1c2nnc(-c3csc(C(F)(F)F)n3)n2CCN1C(=O)c1cc(F)c(F)c(F)c1. The summed E-state index contributed by atoms with van der Waals surface area (Å²) in [5, 5.41) is 8.05. The normalized spacial score (nSPS) is 16.6. The average Bonchev–Trinajstić information content (AvgIpc) is 3.32. The fourth-order valence-corrected chi connectivity index (χ4v) is 3.87. The van der Waals surface area contributed by atoms with Crippen LogP contribution in [-0.2, 0) is 12.7 Å². The Bertz CT molecular complexity index is 1120. The Labute approximate surface area is 168 Å². The first kappa shape index (κ1) is 20.3. The van der Waals surface area contributed by atoms with Gasteiger partial charge in [0.25, 0.3) is 5.91 Å². The molecular weight excluding hydrogens is 436 g/mol. The Kier molecular flexibility index (Phi) is 4.79. The lowest BCUT2D eigenvalue weighted by Crippen LogP contribution is -2.41. The van der Waals surface area contributed by atoms with Gasteiger partial charge < -0.3 is 9.47 Å². The molecule has 1 aromatic carbocycles. The molecule has 30 heavy (non-hydrogen) atoms. The molecule has 1 unspecified atom stereocenters. The highest BCUT2D eigenvalue weighted by atomic mass is 32.1. The largest absolute Gasteiger partial charge is 0.443 e. The minimum atomic E-state index is -4.58. The third-order valence-electron chi connectivity index (χ3n) is 4.65. The molecule has 3 aromatic rings. The molecular formula is C17H11F6N5OS. The Hall–Kier alpha value is -2.96. The molecule has 0 radical (unpaired) electrons. The molecule has 2 aromatic heterocycles. The molecule has 6 nitrogen and oxygen atoms in total. The molecule has 1 aliphatic heterocycles. The maximum atomic E-state index is 13.5. The van der Waals surface area contributed by atoms with E-state index in [1.165, 1.54) is 14.8 Å². The van der Waals surface area contributed by atoms with Gasteiger partial charge in [-0.2, -0.15) is 13.2 Å². The number of benzene rings is 1. The van der Waals surface area contributed by atoms with Crippen molar-refractivity contribution in [1.82, 2.24) is 24.6 Å². The number of halogens is 6. The summed E-state index contributed by atoms with van der Waals surface area (Å²) < 4.78 is 80.1. The third kappa shape index (κ3) is 3.32. The van der Waals surface area contributed by atoms with Gasteiger partial charge in [-0.05, 0) is 19.1 Å². The zero-order chi connectivity index (χ0) is 21.8. The second-order valence-electron chi connectivity index (χ2n) is 6.50. The Morgan fingerprint density at radius 1 is 1.13 bits per heavy atom. The molecule has 0 saturated carbocycles. The number of aromatic nitrogens is 4. The molecule has 1 amide bonds. The molecule has 13 heteroatoms. The van der Waals surface area contributed by atoms with Crippen LogP contribution in [-0.4, -0.2) is 37.1 Å². The predicted octanol–water partition coefficient (Wildman–Crippen LogP) is 4.05. The first-order valence-electron chi connectivity index (χ1n) is 8.49. The fourth-order valence-electron chi connectivity index (χ4n) is 3.20. The molecule has 1 aliphatic rings. The van der Waals surface area contributed by atoms with Crippen LogP contribution in [0.4, 0.5) is 26.3 Å². The molecule has 0 bridgehead atoms. The highest BCUT2D eigenvalue weighted by molar-refractivity contribution is 7.10. The first-order chi connectivity index (χ1) is 14.1. The maximum Gasteiger partial charge on any atom is 0.443 e. The summed E-state index contributed by atoms with van der Waals surface area (Å²) in [6.07, 6.45) is -4.58. The summed E-state index contributed by atoms with van der Waals surface area (Å²) in [4.78, 5) is 17.5. The third-order valence-corrected chi connectivity index (χ3v) is 5.54. The number of rotatable bonds is 2. The highest BCUT2D eigenvalue weighted by Gasteiger charge is 2.37. The number of hydrogen-bond donors (Lipinski definition) is 0. The minimum Gasteiger partial charge on any atom is -0.327 e. The van der Waals surface area contributed by atoms with E-state index >= 15 is 0 Å². The number of carbonyl (C=O) groups is 1.